The Balaban J connectivity index is 2.88. The van der Waals surface area contributed by atoms with Gasteiger partial charge in [0.05, 0.1) is 5.41 Å². The van der Waals surface area contributed by atoms with Gasteiger partial charge in [0.25, 0.3) is 0 Å². The zero-order valence-corrected chi connectivity index (χ0v) is 6.92. The minimum Gasteiger partial charge on any atom is -0.481 e. The summed E-state index contributed by atoms with van der Waals surface area (Å²) in [6.07, 6.45) is 0. The fraction of sp³-hybridized carbons (Fsp3) is 0.625. The summed E-state index contributed by atoms with van der Waals surface area (Å²) in [6, 6.07) is 0. The Bertz CT molecular complexity index is 212. The van der Waals surface area contributed by atoms with Crippen molar-refractivity contribution in [2.75, 3.05) is 20.1 Å². The monoisotopic (exact) mass is 155 g/mol. The van der Waals surface area contributed by atoms with E-state index in [0.29, 0.717) is 13.1 Å². The van der Waals surface area contributed by atoms with Gasteiger partial charge in [-0.2, -0.15) is 0 Å². The van der Waals surface area contributed by atoms with Crippen LogP contribution in [-0.2, 0) is 4.79 Å². The second kappa shape index (κ2) is 2.34. The van der Waals surface area contributed by atoms with Crippen molar-refractivity contribution >= 4 is 5.97 Å². The molecule has 3 nitrogen and oxygen atoms in total. The van der Waals surface area contributed by atoms with Crippen molar-refractivity contribution in [1.82, 2.24) is 4.90 Å². The van der Waals surface area contributed by atoms with Crippen LogP contribution in [0.25, 0.3) is 0 Å². The molecule has 1 atom stereocenters. The van der Waals surface area contributed by atoms with Crippen LogP contribution in [0.15, 0.2) is 12.2 Å². The number of aliphatic carboxylic acids is 1. The molecule has 1 aliphatic heterocycles. The van der Waals surface area contributed by atoms with Gasteiger partial charge in [0, 0.05) is 13.1 Å². The van der Waals surface area contributed by atoms with Crippen molar-refractivity contribution in [3.05, 3.63) is 12.2 Å². The fourth-order valence-corrected chi connectivity index (χ4v) is 1.43. The van der Waals surface area contributed by atoms with E-state index in [-0.39, 0.29) is 0 Å². The summed E-state index contributed by atoms with van der Waals surface area (Å²) in [5, 5.41) is 8.87. The number of carboxylic acid groups (broad SMARTS) is 1. The number of carboxylic acids is 1. The molecule has 0 spiro atoms. The molecule has 1 aliphatic rings. The number of likely N-dealkylation sites (N-methyl/N-ethyl adjacent to an activating group) is 1. The molecule has 0 bridgehead atoms. The molecule has 0 unspecified atom stereocenters. The van der Waals surface area contributed by atoms with E-state index in [9.17, 15) is 4.79 Å². The Hall–Kier alpha value is -0.830. The predicted molar refractivity (Wildman–Crippen MR) is 42.4 cm³/mol. The smallest absolute Gasteiger partial charge is 0.314 e. The maximum atomic E-state index is 10.8. The first-order valence-corrected chi connectivity index (χ1v) is 3.57. The molecule has 1 heterocycles. The van der Waals surface area contributed by atoms with Crippen LogP contribution in [0.1, 0.15) is 6.92 Å². The van der Waals surface area contributed by atoms with E-state index in [1.807, 2.05) is 11.9 Å². The zero-order valence-electron chi connectivity index (χ0n) is 6.92. The molecule has 1 fully saturated rings. The maximum absolute atomic E-state index is 10.8. The first-order chi connectivity index (χ1) is 4.97. The molecular formula is C8H13NO2. The molecule has 1 N–H and O–H groups in total. The number of nitrogens with zero attached hydrogens (tertiary/aromatic N) is 1. The molecular weight excluding hydrogens is 142 g/mol. The van der Waals surface area contributed by atoms with Crippen molar-refractivity contribution in [1.29, 1.82) is 0 Å². The van der Waals surface area contributed by atoms with Gasteiger partial charge < -0.3 is 10.0 Å². The van der Waals surface area contributed by atoms with E-state index in [2.05, 4.69) is 6.58 Å². The van der Waals surface area contributed by atoms with Crippen LogP contribution in [0, 0.1) is 5.41 Å². The zero-order chi connectivity index (χ0) is 8.65. The maximum Gasteiger partial charge on any atom is 0.314 e. The molecule has 0 radical (unpaired) electrons. The van der Waals surface area contributed by atoms with Crippen LogP contribution < -0.4 is 0 Å². The third kappa shape index (κ3) is 1.16. The minimum absolute atomic E-state index is 0.571. The van der Waals surface area contributed by atoms with Gasteiger partial charge in [0.2, 0.25) is 0 Å². The number of carbonyl (C=O) groups is 1. The van der Waals surface area contributed by atoms with Gasteiger partial charge in [0.15, 0.2) is 0 Å². The normalized spacial score (nSPS) is 32.7. The lowest BCUT2D eigenvalue weighted by Crippen LogP contribution is -2.31. The van der Waals surface area contributed by atoms with Crippen LogP contribution in [0.3, 0.4) is 0 Å². The molecule has 3 heteroatoms. The number of likely N-dealkylation sites (tertiary alicyclic amines) is 1. The second-order valence-corrected chi connectivity index (χ2v) is 3.41. The summed E-state index contributed by atoms with van der Waals surface area (Å²) in [5.74, 6) is -0.771. The number of hydrogen-bond donors (Lipinski definition) is 1. The number of rotatable bonds is 1. The van der Waals surface area contributed by atoms with E-state index < -0.39 is 11.4 Å². The van der Waals surface area contributed by atoms with Crippen molar-refractivity contribution in [3.8, 4) is 0 Å². The largest absolute Gasteiger partial charge is 0.481 e. The summed E-state index contributed by atoms with van der Waals surface area (Å²) in [6.45, 7) is 6.75. The molecule has 1 saturated heterocycles. The highest BCUT2D eigenvalue weighted by molar-refractivity contribution is 5.79. The van der Waals surface area contributed by atoms with Crippen molar-refractivity contribution in [3.63, 3.8) is 0 Å². The lowest BCUT2D eigenvalue weighted by molar-refractivity contribution is -0.145. The first-order valence-electron chi connectivity index (χ1n) is 3.57. The standard InChI is InChI=1S/C8H13NO2/c1-6-4-9(3)5-8(6,2)7(10)11/h1,4-5H2,2-3H3,(H,10,11)/t8-/m1/s1. The van der Waals surface area contributed by atoms with Crippen molar-refractivity contribution in [2.45, 2.75) is 6.92 Å². The van der Waals surface area contributed by atoms with E-state index in [1.165, 1.54) is 0 Å². The summed E-state index contributed by atoms with van der Waals surface area (Å²) in [4.78, 5) is 12.8. The average molecular weight is 155 g/mol. The van der Waals surface area contributed by atoms with Gasteiger partial charge in [-0.15, -0.1) is 0 Å². The molecule has 0 aromatic rings. The van der Waals surface area contributed by atoms with Gasteiger partial charge in [-0.25, -0.2) is 0 Å². The lowest BCUT2D eigenvalue weighted by Gasteiger charge is -2.18. The van der Waals surface area contributed by atoms with Gasteiger partial charge in [0.1, 0.15) is 0 Å². The predicted octanol–water partition coefficient (Wildman–Crippen LogP) is 0.579. The molecule has 0 aliphatic carbocycles. The topological polar surface area (TPSA) is 40.5 Å². The Kier molecular flexibility index (Phi) is 1.76. The second-order valence-electron chi connectivity index (χ2n) is 3.41. The van der Waals surface area contributed by atoms with E-state index in [0.717, 1.165) is 5.57 Å². The van der Waals surface area contributed by atoms with Crippen LogP contribution in [0.5, 0.6) is 0 Å². The van der Waals surface area contributed by atoms with Crippen molar-refractivity contribution in [2.24, 2.45) is 5.41 Å². The number of hydrogen-bond acceptors (Lipinski definition) is 2. The van der Waals surface area contributed by atoms with Crippen LogP contribution in [0.2, 0.25) is 0 Å². The summed E-state index contributed by atoms with van der Waals surface area (Å²) >= 11 is 0. The minimum atomic E-state index is -0.771. The van der Waals surface area contributed by atoms with Crippen molar-refractivity contribution < 1.29 is 9.90 Å². The summed E-state index contributed by atoms with van der Waals surface area (Å²) in [5.41, 5.74) is 0.0712. The van der Waals surface area contributed by atoms with Crippen LogP contribution >= 0.6 is 0 Å². The summed E-state index contributed by atoms with van der Waals surface area (Å²) < 4.78 is 0. The third-order valence-corrected chi connectivity index (χ3v) is 2.30. The molecule has 11 heavy (non-hydrogen) atoms. The first kappa shape index (κ1) is 8.27. The lowest BCUT2D eigenvalue weighted by atomic mass is 9.86. The average Bonchev–Trinajstić information content (AvgIpc) is 2.08. The summed E-state index contributed by atoms with van der Waals surface area (Å²) in [7, 11) is 1.90. The Morgan fingerprint density at radius 1 is 1.82 bits per heavy atom. The Morgan fingerprint density at radius 2 is 2.36 bits per heavy atom. The van der Waals surface area contributed by atoms with E-state index in [1.54, 1.807) is 6.92 Å². The molecule has 0 aromatic heterocycles. The molecule has 0 amide bonds. The van der Waals surface area contributed by atoms with Gasteiger partial charge in [-0.05, 0) is 19.5 Å². The van der Waals surface area contributed by atoms with Gasteiger partial charge in [-0.1, -0.05) is 6.58 Å². The highest BCUT2D eigenvalue weighted by atomic mass is 16.4. The fourth-order valence-electron chi connectivity index (χ4n) is 1.43. The molecule has 0 aromatic carbocycles. The van der Waals surface area contributed by atoms with E-state index >= 15 is 0 Å². The van der Waals surface area contributed by atoms with Gasteiger partial charge >= 0.3 is 5.97 Å². The Labute approximate surface area is 66.3 Å². The molecule has 1 rings (SSSR count). The molecule has 62 valence electrons. The Morgan fingerprint density at radius 3 is 2.55 bits per heavy atom. The molecule has 0 saturated carbocycles. The SMILES string of the molecule is C=C1CN(C)C[C@@]1(C)C(=O)O. The highest BCUT2D eigenvalue weighted by Crippen LogP contribution is 2.33. The van der Waals surface area contributed by atoms with E-state index in [4.69, 9.17) is 5.11 Å². The third-order valence-electron chi connectivity index (χ3n) is 2.30. The van der Waals surface area contributed by atoms with Crippen LogP contribution in [0.4, 0.5) is 0 Å². The van der Waals surface area contributed by atoms with Crippen LogP contribution in [-0.4, -0.2) is 36.1 Å². The quantitative estimate of drug-likeness (QED) is 0.563. The highest BCUT2D eigenvalue weighted by Gasteiger charge is 2.42. The van der Waals surface area contributed by atoms with Gasteiger partial charge in [-0.3, -0.25) is 4.79 Å².